The maximum atomic E-state index is 12.2. The first-order valence-electron chi connectivity index (χ1n) is 8.06. The molecule has 0 aliphatic heterocycles. The van der Waals surface area contributed by atoms with Gasteiger partial charge < -0.3 is 9.15 Å². The molecule has 8 heteroatoms. The maximum absolute atomic E-state index is 12.2. The van der Waals surface area contributed by atoms with Crippen LogP contribution in [-0.2, 0) is 6.61 Å². The summed E-state index contributed by atoms with van der Waals surface area (Å²) in [7, 11) is 0. The van der Waals surface area contributed by atoms with Crippen molar-refractivity contribution in [3.8, 4) is 5.75 Å². The van der Waals surface area contributed by atoms with E-state index in [-0.39, 0.29) is 24.0 Å². The Morgan fingerprint density at radius 1 is 1.11 bits per heavy atom. The lowest BCUT2D eigenvalue weighted by Crippen LogP contribution is -1.98. The molecule has 0 radical (unpaired) electrons. The number of hydrogen-bond donors (Lipinski definition) is 0. The van der Waals surface area contributed by atoms with Gasteiger partial charge in [0.2, 0.25) is 0 Å². The molecular formula is C20H13Cl2NO5. The quantitative estimate of drug-likeness (QED) is 0.204. The number of benzene rings is 2. The fourth-order valence-electron chi connectivity index (χ4n) is 2.30. The summed E-state index contributed by atoms with van der Waals surface area (Å²) in [6.07, 6.45) is 2.66. The fraction of sp³-hybridized carbons (Fsp3) is 0.0500. The van der Waals surface area contributed by atoms with E-state index in [0.29, 0.717) is 21.4 Å². The smallest absolute Gasteiger partial charge is 0.433 e. The number of ether oxygens (including phenoxy) is 1. The lowest BCUT2D eigenvalue weighted by molar-refractivity contribution is -0.402. The van der Waals surface area contributed by atoms with E-state index in [1.54, 1.807) is 42.5 Å². The number of carbonyl (C=O) groups excluding carboxylic acids is 1. The first kappa shape index (κ1) is 19.7. The van der Waals surface area contributed by atoms with Crippen LogP contribution in [0.1, 0.15) is 21.7 Å². The van der Waals surface area contributed by atoms with Gasteiger partial charge in [0.25, 0.3) is 0 Å². The Labute approximate surface area is 170 Å². The first-order chi connectivity index (χ1) is 13.4. The predicted octanol–water partition coefficient (Wildman–Crippen LogP) is 5.97. The molecule has 0 saturated carbocycles. The topological polar surface area (TPSA) is 82.6 Å². The Hall–Kier alpha value is -3.09. The van der Waals surface area contributed by atoms with Crippen LogP contribution in [0.25, 0.3) is 6.08 Å². The SMILES string of the molecule is O=C(/C=C/c1ccc([N+](=O)[O-])o1)c1ccc(OCc2ccc(Cl)cc2Cl)cc1. The maximum Gasteiger partial charge on any atom is 0.433 e. The van der Waals surface area contributed by atoms with Gasteiger partial charge in [-0.3, -0.25) is 14.9 Å². The molecule has 3 aromatic rings. The molecule has 0 bridgehead atoms. The molecule has 0 fully saturated rings. The fourth-order valence-corrected chi connectivity index (χ4v) is 2.76. The zero-order valence-electron chi connectivity index (χ0n) is 14.3. The van der Waals surface area contributed by atoms with Crippen molar-refractivity contribution in [2.24, 2.45) is 0 Å². The molecule has 0 aliphatic rings. The summed E-state index contributed by atoms with van der Waals surface area (Å²) in [5.41, 5.74) is 1.23. The molecule has 0 aliphatic carbocycles. The number of rotatable bonds is 7. The van der Waals surface area contributed by atoms with Crippen molar-refractivity contribution < 1.29 is 18.9 Å². The molecule has 3 rings (SSSR count). The van der Waals surface area contributed by atoms with Crippen LogP contribution in [0.4, 0.5) is 5.88 Å². The predicted molar refractivity (Wildman–Crippen MR) is 106 cm³/mol. The third kappa shape index (κ3) is 5.00. The minimum Gasteiger partial charge on any atom is -0.489 e. The zero-order chi connectivity index (χ0) is 20.1. The van der Waals surface area contributed by atoms with Gasteiger partial charge in [-0.1, -0.05) is 29.3 Å². The zero-order valence-corrected chi connectivity index (χ0v) is 15.8. The number of nitro groups is 1. The number of carbonyl (C=O) groups is 1. The standard InChI is InChI=1S/C20H13Cl2NO5/c21-15-4-1-14(18(22)11-15)12-27-16-5-2-13(3-6-16)19(24)9-7-17-8-10-20(28-17)23(25)26/h1-11H,12H2/b9-7+. The highest BCUT2D eigenvalue weighted by atomic mass is 35.5. The number of hydrogen-bond acceptors (Lipinski definition) is 5. The molecule has 0 amide bonds. The summed E-state index contributed by atoms with van der Waals surface area (Å²) in [6, 6.07) is 14.4. The third-order valence-corrected chi connectivity index (χ3v) is 4.33. The molecule has 1 heterocycles. The van der Waals surface area contributed by atoms with Gasteiger partial charge in [-0.15, -0.1) is 0 Å². The molecule has 28 heavy (non-hydrogen) atoms. The summed E-state index contributed by atoms with van der Waals surface area (Å²) in [6.45, 7) is 0.264. The molecule has 2 aromatic carbocycles. The number of furan rings is 1. The van der Waals surface area contributed by atoms with Crippen LogP contribution >= 0.6 is 23.2 Å². The number of ketones is 1. The lowest BCUT2D eigenvalue weighted by Gasteiger charge is -2.08. The van der Waals surface area contributed by atoms with Crippen LogP contribution in [0.3, 0.4) is 0 Å². The average Bonchev–Trinajstić information content (AvgIpc) is 3.15. The highest BCUT2D eigenvalue weighted by Crippen LogP contribution is 2.23. The van der Waals surface area contributed by atoms with Crippen LogP contribution in [-0.4, -0.2) is 10.7 Å². The molecule has 1 aromatic heterocycles. The third-order valence-electron chi connectivity index (χ3n) is 3.74. The Bertz CT molecular complexity index is 1040. The van der Waals surface area contributed by atoms with Gasteiger partial charge in [-0.2, -0.15) is 0 Å². The second kappa shape index (κ2) is 8.73. The van der Waals surface area contributed by atoms with Gasteiger partial charge in [0, 0.05) is 21.2 Å². The van der Waals surface area contributed by atoms with Gasteiger partial charge in [-0.25, -0.2) is 0 Å². The van der Waals surface area contributed by atoms with Crippen molar-refractivity contribution in [1.29, 1.82) is 0 Å². The van der Waals surface area contributed by atoms with Gasteiger partial charge in [0.1, 0.15) is 23.0 Å². The normalized spacial score (nSPS) is 10.9. The van der Waals surface area contributed by atoms with Gasteiger partial charge in [0.05, 0.1) is 6.07 Å². The second-order valence-electron chi connectivity index (χ2n) is 5.68. The molecule has 0 spiro atoms. The molecular weight excluding hydrogens is 405 g/mol. The van der Waals surface area contributed by atoms with Crippen molar-refractivity contribution in [1.82, 2.24) is 0 Å². The molecule has 0 unspecified atom stereocenters. The summed E-state index contributed by atoms with van der Waals surface area (Å²) in [5, 5.41) is 11.6. The van der Waals surface area contributed by atoms with E-state index in [9.17, 15) is 14.9 Å². The number of halogens is 2. The van der Waals surface area contributed by atoms with Gasteiger partial charge >= 0.3 is 5.88 Å². The average molecular weight is 418 g/mol. The highest BCUT2D eigenvalue weighted by Gasteiger charge is 2.10. The summed E-state index contributed by atoms with van der Waals surface area (Å²) in [4.78, 5) is 22.1. The van der Waals surface area contributed by atoms with Crippen molar-refractivity contribution in [2.75, 3.05) is 0 Å². The second-order valence-corrected chi connectivity index (χ2v) is 6.52. The van der Waals surface area contributed by atoms with E-state index in [1.807, 2.05) is 0 Å². The monoisotopic (exact) mass is 417 g/mol. The van der Waals surface area contributed by atoms with E-state index in [1.165, 1.54) is 24.3 Å². The highest BCUT2D eigenvalue weighted by molar-refractivity contribution is 6.35. The van der Waals surface area contributed by atoms with E-state index in [2.05, 4.69) is 0 Å². The number of nitrogens with zero attached hydrogens (tertiary/aromatic N) is 1. The summed E-state index contributed by atoms with van der Waals surface area (Å²) >= 11 is 12.0. The molecule has 0 saturated heterocycles. The molecule has 142 valence electrons. The Morgan fingerprint density at radius 3 is 2.50 bits per heavy atom. The lowest BCUT2D eigenvalue weighted by atomic mass is 10.1. The largest absolute Gasteiger partial charge is 0.489 e. The molecule has 0 N–H and O–H groups in total. The molecule has 0 atom stereocenters. The van der Waals surface area contributed by atoms with Gasteiger partial charge in [-0.05, 0) is 54.6 Å². The summed E-state index contributed by atoms with van der Waals surface area (Å²) < 4.78 is 10.6. The van der Waals surface area contributed by atoms with Crippen LogP contribution in [0.15, 0.2) is 65.1 Å². The Kier molecular flexibility index (Phi) is 6.13. The van der Waals surface area contributed by atoms with Crippen LogP contribution < -0.4 is 4.74 Å². The van der Waals surface area contributed by atoms with Crippen LogP contribution in [0, 0.1) is 10.1 Å². The van der Waals surface area contributed by atoms with E-state index < -0.39 is 4.92 Å². The van der Waals surface area contributed by atoms with Crippen LogP contribution in [0.5, 0.6) is 5.75 Å². The van der Waals surface area contributed by atoms with E-state index in [0.717, 1.165) is 5.56 Å². The minimum atomic E-state index is -0.644. The van der Waals surface area contributed by atoms with Crippen molar-refractivity contribution >= 4 is 40.9 Å². The Balaban J connectivity index is 1.60. The Morgan fingerprint density at radius 2 is 1.86 bits per heavy atom. The summed E-state index contributed by atoms with van der Waals surface area (Å²) in [5.74, 6) is 0.147. The van der Waals surface area contributed by atoms with Crippen molar-refractivity contribution in [3.05, 3.63) is 97.7 Å². The molecule has 6 nitrogen and oxygen atoms in total. The van der Waals surface area contributed by atoms with Crippen molar-refractivity contribution in [2.45, 2.75) is 6.61 Å². The van der Waals surface area contributed by atoms with E-state index in [4.69, 9.17) is 32.4 Å². The van der Waals surface area contributed by atoms with Crippen LogP contribution in [0.2, 0.25) is 10.0 Å². The van der Waals surface area contributed by atoms with Crippen molar-refractivity contribution in [3.63, 3.8) is 0 Å². The first-order valence-corrected chi connectivity index (χ1v) is 8.81. The van der Waals surface area contributed by atoms with Gasteiger partial charge in [0.15, 0.2) is 5.78 Å². The minimum absolute atomic E-state index is 0.222. The number of allylic oxidation sites excluding steroid dienone is 1. The van der Waals surface area contributed by atoms with E-state index >= 15 is 0 Å².